The molecule has 2 N–H and O–H groups in total. The van der Waals surface area contributed by atoms with E-state index in [1.807, 2.05) is 0 Å². The molecule has 0 spiro atoms. The number of nitrogens with two attached hydrogens (primary N) is 1. The van der Waals surface area contributed by atoms with Gasteiger partial charge in [-0.05, 0) is 24.9 Å². The normalized spacial score (nSPS) is 23.5. The van der Waals surface area contributed by atoms with E-state index in [0.717, 1.165) is 26.2 Å². The van der Waals surface area contributed by atoms with Crippen LogP contribution in [0.1, 0.15) is 17.3 Å². The van der Waals surface area contributed by atoms with Crippen molar-refractivity contribution >= 4 is 11.3 Å². The molecule has 84 valence electrons. The Morgan fingerprint density at radius 3 is 3.20 bits per heavy atom. The third kappa shape index (κ3) is 2.78. The summed E-state index contributed by atoms with van der Waals surface area (Å²) in [5.74, 6) is 0. The van der Waals surface area contributed by atoms with Crippen LogP contribution in [0.15, 0.2) is 17.5 Å². The summed E-state index contributed by atoms with van der Waals surface area (Å²) in [5.41, 5.74) is 6.14. The summed E-state index contributed by atoms with van der Waals surface area (Å²) >= 11 is 1.73. The van der Waals surface area contributed by atoms with Crippen LogP contribution in [0, 0.1) is 0 Å². The second-order valence-corrected chi connectivity index (χ2v) is 5.06. The molecule has 15 heavy (non-hydrogen) atoms. The van der Waals surface area contributed by atoms with Gasteiger partial charge >= 0.3 is 0 Å². The third-order valence-corrected chi connectivity index (χ3v) is 3.93. The van der Waals surface area contributed by atoms with E-state index < -0.39 is 0 Å². The van der Waals surface area contributed by atoms with Crippen LogP contribution in [0.3, 0.4) is 0 Å². The molecule has 1 aromatic heterocycles. The monoisotopic (exact) mass is 226 g/mol. The van der Waals surface area contributed by atoms with E-state index in [0.29, 0.717) is 6.04 Å². The zero-order chi connectivity index (χ0) is 10.7. The van der Waals surface area contributed by atoms with Crippen LogP contribution >= 0.6 is 11.3 Å². The van der Waals surface area contributed by atoms with Crippen LogP contribution in [0.25, 0.3) is 0 Å². The molecule has 1 aromatic rings. The number of rotatable bonds is 4. The number of thiophene rings is 1. The van der Waals surface area contributed by atoms with Crippen molar-refractivity contribution in [2.24, 2.45) is 5.73 Å². The summed E-state index contributed by atoms with van der Waals surface area (Å²) in [4.78, 5) is 3.58. The molecule has 0 bridgehead atoms. The summed E-state index contributed by atoms with van der Waals surface area (Å²) in [6.07, 6.45) is 1.13. The third-order valence-electron chi connectivity index (χ3n) is 2.92. The van der Waals surface area contributed by atoms with Gasteiger partial charge in [-0.25, -0.2) is 0 Å². The molecule has 0 aliphatic carbocycles. The SMILES string of the molecule is CN(CC(N)c1cccs1)C1CCOC1. The molecule has 0 amide bonds. The Labute approximate surface area is 94.8 Å². The van der Waals surface area contributed by atoms with Crippen LogP contribution in [0.5, 0.6) is 0 Å². The Balaban J connectivity index is 1.85. The smallest absolute Gasteiger partial charge is 0.0622 e. The maximum atomic E-state index is 6.14. The fourth-order valence-corrected chi connectivity index (χ4v) is 2.64. The number of hydrogen-bond acceptors (Lipinski definition) is 4. The number of nitrogens with zero attached hydrogens (tertiary/aromatic N) is 1. The van der Waals surface area contributed by atoms with Crippen LogP contribution < -0.4 is 5.73 Å². The van der Waals surface area contributed by atoms with Gasteiger partial charge in [0.05, 0.1) is 12.6 Å². The Bertz CT molecular complexity index is 283. The Morgan fingerprint density at radius 1 is 1.73 bits per heavy atom. The van der Waals surface area contributed by atoms with Gasteiger partial charge in [0, 0.05) is 24.1 Å². The highest BCUT2D eigenvalue weighted by molar-refractivity contribution is 7.10. The molecule has 2 heterocycles. The van der Waals surface area contributed by atoms with E-state index in [1.54, 1.807) is 11.3 Å². The van der Waals surface area contributed by atoms with E-state index in [9.17, 15) is 0 Å². The predicted octanol–water partition coefficient (Wildman–Crippen LogP) is 1.47. The Hall–Kier alpha value is -0.420. The summed E-state index contributed by atoms with van der Waals surface area (Å²) in [6.45, 7) is 2.66. The topological polar surface area (TPSA) is 38.5 Å². The zero-order valence-electron chi connectivity index (χ0n) is 9.06. The molecule has 1 aliphatic heterocycles. The van der Waals surface area contributed by atoms with Crippen molar-refractivity contribution < 1.29 is 4.74 Å². The average Bonchev–Trinajstić information content (AvgIpc) is 2.91. The molecule has 0 aromatic carbocycles. The minimum absolute atomic E-state index is 0.135. The molecule has 1 aliphatic rings. The van der Waals surface area contributed by atoms with Crippen LogP contribution in [0.2, 0.25) is 0 Å². The first-order valence-electron chi connectivity index (χ1n) is 5.34. The van der Waals surface area contributed by atoms with Gasteiger partial charge in [0.2, 0.25) is 0 Å². The maximum absolute atomic E-state index is 6.14. The second kappa shape index (κ2) is 5.07. The zero-order valence-corrected chi connectivity index (χ0v) is 9.87. The molecule has 4 heteroatoms. The predicted molar refractivity (Wildman–Crippen MR) is 63.1 cm³/mol. The number of likely N-dealkylation sites (N-methyl/N-ethyl adjacent to an activating group) is 1. The van der Waals surface area contributed by atoms with Gasteiger partial charge in [-0.15, -0.1) is 11.3 Å². The first-order chi connectivity index (χ1) is 7.27. The summed E-state index contributed by atoms with van der Waals surface area (Å²) in [7, 11) is 2.13. The molecule has 1 fully saturated rings. The van der Waals surface area contributed by atoms with E-state index in [4.69, 9.17) is 10.5 Å². The van der Waals surface area contributed by atoms with Crippen molar-refractivity contribution in [3.63, 3.8) is 0 Å². The Morgan fingerprint density at radius 2 is 2.60 bits per heavy atom. The van der Waals surface area contributed by atoms with Crippen molar-refractivity contribution in [1.82, 2.24) is 4.90 Å². The minimum Gasteiger partial charge on any atom is -0.380 e. The lowest BCUT2D eigenvalue weighted by molar-refractivity contribution is 0.156. The number of hydrogen-bond donors (Lipinski definition) is 1. The first kappa shape index (κ1) is 11.1. The fraction of sp³-hybridized carbons (Fsp3) is 0.636. The molecule has 0 saturated carbocycles. The van der Waals surface area contributed by atoms with E-state index in [1.165, 1.54) is 4.88 Å². The molecule has 2 rings (SSSR count). The highest BCUT2D eigenvalue weighted by Gasteiger charge is 2.22. The van der Waals surface area contributed by atoms with Crippen molar-refractivity contribution in [1.29, 1.82) is 0 Å². The van der Waals surface area contributed by atoms with E-state index in [-0.39, 0.29) is 6.04 Å². The van der Waals surface area contributed by atoms with E-state index >= 15 is 0 Å². The van der Waals surface area contributed by atoms with Gasteiger partial charge in [-0.2, -0.15) is 0 Å². The van der Waals surface area contributed by atoms with Crippen LogP contribution in [-0.2, 0) is 4.74 Å². The Kier molecular flexibility index (Phi) is 3.75. The van der Waals surface area contributed by atoms with Gasteiger partial charge in [-0.3, -0.25) is 4.90 Å². The standard InChI is InChI=1S/C11H18N2OS/c1-13(9-4-5-14-8-9)7-10(12)11-3-2-6-15-11/h2-3,6,9-10H,4-5,7-8,12H2,1H3. The summed E-state index contributed by atoms with van der Waals surface area (Å²) in [5, 5.41) is 2.08. The van der Waals surface area contributed by atoms with Crippen LogP contribution in [-0.4, -0.2) is 37.7 Å². The average molecular weight is 226 g/mol. The van der Waals surface area contributed by atoms with Gasteiger partial charge < -0.3 is 10.5 Å². The first-order valence-corrected chi connectivity index (χ1v) is 6.22. The van der Waals surface area contributed by atoms with Gasteiger partial charge in [0.25, 0.3) is 0 Å². The van der Waals surface area contributed by atoms with E-state index in [2.05, 4.69) is 29.5 Å². The van der Waals surface area contributed by atoms with Gasteiger partial charge in [-0.1, -0.05) is 6.07 Å². The maximum Gasteiger partial charge on any atom is 0.0622 e. The highest BCUT2D eigenvalue weighted by Crippen LogP contribution is 2.19. The highest BCUT2D eigenvalue weighted by atomic mass is 32.1. The van der Waals surface area contributed by atoms with Crippen molar-refractivity contribution in [3.8, 4) is 0 Å². The van der Waals surface area contributed by atoms with Gasteiger partial charge in [0.15, 0.2) is 0 Å². The molecular weight excluding hydrogens is 208 g/mol. The van der Waals surface area contributed by atoms with Gasteiger partial charge in [0.1, 0.15) is 0 Å². The quantitative estimate of drug-likeness (QED) is 0.845. The lowest BCUT2D eigenvalue weighted by Gasteiger charge is -2.25. The molecule has 3 nitrogen and oxygen atoms in total. The van der Waals surface area contributed by atoms with Crippen molar-refractivity contribution in [3.05, 3.63) is 22.4 Å². The fourth-order valence-electron chi connectivity index (χ4n) is 1.92. The molecule has 0 radical (unpaired) electrons. The second-order valence-electron chi connectivity index (χ2n) is 4.08. The minimum atomic E-state index is 0.135. The molecule has 2 atom stereocenters. The summed E-state index contributed by atoms with van der Waals surface area (Å²) < 4.78 is 5.37. The number of ether oxygens (including phenoxy) is 1. The van der Waals surface area contributed by atoms with Crippen molar-refractivity contribution in [2.45, 2.75) is 18.5 Å². The lowest BCUT2D eigenvalue weighted by atomic mass is 10.2. The lowest BCUT2D eigenvalue weighted by Crippen LogP contribution is -2.37. The molecule has 2 unspecified atom stereocenters. The van der Waals surface area contributed by atoms with Crippen molar-refractivity contribution in [2.75, 3.05) is 26.8 Å². The molecule has 1 saturated heterocycles. The molecular formula is C11H18N2OS. The largest absolute Gasteiger partial charge is 0.380 e. The van der Waals surface area contributed by atoms with Crippen LogP contribution in [0.4, 0.5) is 0 Å². The summed E-state index contributed by atoms with van der Waals surface area (Å²) in [6, 6.07) is 4.85.